The summed E-state index contributed by atoms with van der Waals surface area (Å²) in [5, 5.41) is 0. The quantitative estimate of drug-likeness (QED) is 0.518. The molecule has 0 spiro atoms. The van der Waals surface area contributed by atoms with E-state index in [9.17, 15) is 0 Å². The summed E-state index contributed by atoms with van der Waals surface area (Å²) in [5.74, 6) is 8.21. The van der Waals surface area contributed by atoms with Crippen LogP contribution in [0, 0.1) is 6.92 Å². The molecule has 1 aromatic carbocycles. The van der Waals surface area contributed by atoms with E-state index in [1.54, 1.807) is 9.96 Å². The number of nitrogens with zero attached hydrogens (tertiary/aromatic N) is 1. The monoisotopic (exact) mass is 372 g/mol. The van der Waals surface area contributed by atoms with Gasteiger partial charge in [-0.05, 0) is 0 Å². The molecule has 0 aliphatic carbocycles. The molecule has 0 fully saturated rings. The van der Waals surface area contributed by atoms with E-state index in [1.165, 1.54) is 29.7 Å². The number of benzene rings is 1. The van der Waals surface area contributed by atoms with Gasteiger partial charge in [0.25, 0.3) is 0 Å². The molecule has 0 aliphatic heterocycles. The molecule has 0 atom stereocenters. The molecule has 0 saturated carbocycles. The molecule has 124 valence electrons. The van der Waals surface area contributed by atoms with E-state index in [0.29, 0.717) is 5.92 Å². The molecule has 0 bridgehead atoms. The van der Waals surface area contributed by atoms with Gasteiger partial charge in [-0.15, -0.1) is 0 Å². The zero-order chi connectivity index (χ0) is 17.2. The molecule has 2 rings (SSSR count). The molecule has 0 aliphatic rings. The van der Waals surface area contributed by atoms with E-state index in [-0.39, 0.29) is 0 Å². The molecule has 0 radical (unpaired) electrons. The second kappa shape index (κ2) is 7.21. The van der Waals surface area contributed by atoms with Crippen molar-refractivity contribution in [2.24, 2.45) is 7.05 Å². The van der Waals surface area contributed by atoms with Crippen LogP contribution in [0.15, 0.2) is 36.5 Å². The Balaban J connectivity index is 2.72. The van der Waals surface area contributed by atoms with Gasteiger partial charge in [0.15, 0.2) is 0 Å². The average Bonchev–Trinajstić information content (AvgIpc) is 2.49. The van der Waals surface area contributed by atoms with Crippen LogP contribution in [0.1, 0.15) is 43.7 Å². The van der Waals surface area contributed by atoms with Crippen LogP contribution in [0.3, 0.4) is 0 Å². The van der Waals surface area contributed by atoms with Crippen molar-refractivity contribution in [2.75, 3.05) is 0 Å². The molecule has 0 unspecified atom stereocenters. The van der Waals surface area contributed by atoms with Gasteiger partial charge in [-0.25, -0.2) is 0 Å². The van der Waals surface area contributed by atoms with Crippen LogP contribution in [0.4, 0.5) is 0 Å². The van der Waals surface area contributed by atoms with Gasteiger partial charge in [-0.1, -0.05) is 0 Å². The van der Waals surface area contributed by atoms with Crippen LogP contribution < -0.4 is 8.96 Å². The summed E-state index contributed by atoms with van der Waals surface area (Å²) in [6.45, 7) is 6.86. The summed E-state index contributed by atoms with van der Waals surface area (Å²) in [7, 11) is 2.20. The molecule has 23 heavy (non-hydrogen) atoms. The van der Waals surface area contributed by atoms with E-state index < -0.39 is 13.3 Å². The Morgan fingerprint density at radius 1 is 1.04 bits per heavy atom. The van der Waals surface area contributed by atoms with Crippen molar-refractivity contribution in [3.05, 3.63) is 47.7 Å². The van der Waals surface area contributed by atoms with Gasteiger partial charge >= 0.3 is 145 Å². The summed E-state index contributed by atoms with van der Waals surface area (Å²) in [6, 6.07) is 11.2. The maximum atomic E-state index is 2.51. The third-order valence-corrected chi connectivity index (χ3v) is 9.23. The molecular weight excluding hydrogens is 339 g/mol. The van der Waals surface area contributed by atoms with Crippen LogP contribution in [0.25, 0.3) is 11.3 Å². The molecule has 0 saturated heterocycles. The molecular formula is C21H32GeN+. The Morgan fingerprint density at radius 2 is 1.65 bits per heavy atom. The first-order chi connectivity index (χ1) is 10.8. The SMILES string of the molecule is CCC(CC)c1cc(-c2ccccc2C)[n+](C)c[c]1[Ge]([CH3])([CH3])[CH3]. The second-order valence-corrected chi connectivity index (χ2v) is 18.3. The van der Waals surface area contributed by atoms with Gasteiger partial charge in [0, 0.05) is 0 Å². The van der Waals surface area contributed by atoms with Gasteiger partial charge in [0.05, 0.1) is 0 Å². The van der Waals surface area contributed by atoms with Crippen LogP contribution >= 0.6 is 0 Å². The first-order valence-electron chi connectivity index (χ1n) is 8.89. The number of hydrogen-bond donors (Lipinski definition) is 0. The van der Waals surface area contributed by atoms with E-state index in [1.807, 2.05) is 0 Å². The van der Waals surface area contributed by atoms with Gasteiger partial charge in [-0.3, -0.25) is 0 Å². The first kappa shape index (κ1) is 18.3. The van der Waals surface area contributed by atoms with Crippen molar-refractivity contribution in [3.63, 3.8) is 0 Å². The molecule has 1 nitrogen and oxygen atoms in total. The normalized spacial score (nSPS) is 12.0. The summed E-state index contributed by atoms with van der Waals surface area (Å²) >= 11 is -1.90. The second-order valence-electron chi connectivity index (χ2n) is 7.72. The predicted molar refractivity (Wildman–Crippen MR) is 104 cm³/mol. The van der Waals surface area contributed by atoms with Crippen molar-refractivity contribution in [1.82, 2.24) is 0 Å². The fraction of sp³-hybridized carbons (Fsp3) is 0.476. The van der Waals surface area contributed by atoms with E-state index in [2.05, 4.69) is 86.2 Å². The average molecular weight is 371 g/mol. The Hall–Kier alpha value is -1.09. The summed E-state index contributed by atoms with van der Waals surface area (Å²) in [6.07, 6.45) is 4.89. The molecule has 2 aromatic rings. The van der Waals surface area contributed by atoms with Crippen molar-refractivity contribution in [2.45, 2.75) is 56.8 Å². The predicted octanol–water partition coefficient (Wildman–Crippen LogP) is 4.94. The Kier molecular flexibility index (Phi) is 5.72. The zero-order valence-electron chi connectivity index (χ0n) is 15.9. The topological polar surface area (TPSA) is 3.88 Å². The molecule has 2 heteroatoms. The fourth-order valence-corrected chi connectivity index (χ4v) is 7.10. The van der Waals surface area contributed by atoms with Crippen molar-refractivity contribution in [3.8, 4) is 11.3 Å². The van der Waals surface area contributed by atoms with Gasteiger partial charge in [0.1, 0.15) is 0 Å². The fourth-order valence-electron chi connectivity index (χ4n) is 3.49. The third-order valence-electron chi connectivity index (χ3n) is 4.96. The van der Waals surface area contributed by atoms with Gasteiger partial charge < -0.3 is 0 Å². The zero-order valence-corrected chi connectivity index (χ0v) is 18.0. The molecule has 0 N–H and O–H groups in total. The van der Waals surface area contributed by atoms with Crippen LogP contribution in [0.2, 0.25) is 17.3 Å². The summed E-state index contributed by atoms with van der Waals surface area (Å²) < 4.78 is 4.01. The van der Waals surface area contributed by atoms with Crippen molar-refractivity contribution in [1.29, 1.82) is 0 Å². The van der Waals surface area contributed by atoms with E-state index in [0.717, 1.165) is 0 Å². The van der Waals surface area contributed by atoms with Gasteiger partial charge in [-0.2, -0.15) is 0 Å². The standard InChI is InChI=1S/C21H32GeN/c1-8-17(9-2)19-14-21(18-13-11-10-12-16(18)3)23(7)15-20(19)22(4,5)6/h10-15,17H,8-9H2,1-7H3/q+1. The number of hydrogen-bond acceptors (Lipinski definition) is 0. The number of pyridine rings is 1. The van der Waals surface area contributed by atoms with Crippen molar-refractivity contribution < 1.29 is 4.57 Å². The Labute approximate surface area is 145 Å². The van der Waals surface area contributed by atoms with E-state index in [4.69, 9.17) is 0 Å². The molecule has 1 heterocycles. The molecule has 0 amide bonds. The maximum absolute atomic E-state index is 2.51. The van der Waals surface area contributed by atoms with Crippen LogP contribution in [-0.4, -0.2) is 13.3 Å². The number of aromatic nitrogens is 1. The molecule has 1 aromatic heterocycles. The van der Waals surface area contributed by atoms with Gasteiger partial charge in [0.2, 0.25) is 0 Å². The minimum absolute atomic E-state index is 0.679. The Morgan fingerprint density at radius 3 is 2.17 bits per heavy atom. The van der Waals surface area contributed by atoms with E-state index >= 15 is 0 Å². The number of rotatable bonds is 5. The van der Waals surface area contributed by atoms with Crippen LogP contribution in [0.5, 0.6) is 0 Å². The minimum atomic E-state index is -1.90. The van der Waals surface area contributed by atoms with Crippen molar-refractivity contribution >= 4 is 17.7 Å². The first-order valence-corrected chi connectivity index (χ1v) is 16.2. The third kappa shape index (κ3) is 3.88. The summed E-state index contributed by atoms with van der Waals surface area (Å²) in [5.41, 5.74) is 5.66. The Bertz CT molecular complexity index is 679. The summed E-state index contributed by atoms with van der Waals surface area (Å²) in [4.78, 5) is 0. The number of aryl methyl sites for hydroxylation is 2. The van der Waals surface area contributed by atoms with Crippen LogP contribution in [-0.2, 0) is 7.05 Å².